The Hall–Kier alpha value is -2.51. The summed E-state index contributed by atoms with van der Waals surface area (Å²) >= 11 is 0. The van der Waals surface area contributed by atoms with E-state index in [1.165, 1.54) is 6.26 Å². The van der Waals surface area contributed by atoms with Crippen molar-refractivity contribution in [3.05, 3.63) is 18.4 Å². The third-order valence-electron chi connectivity index (χ3n) is 2.16. The number of ketones is 1. The number of ether oxygens (including phenoxy) is 1. The van der Waals surface area contributed by atoms with Gasteiger partial charge >= 0.3 is 5.97 Å². The van der Waals surface area contributed by atoms with Gasteiger partial charge in [0, 0.05) is 0 Å². The summed E-state index contributed by atoms with van der Waals surface area (Å²) in [4.78, 5) is 23.8. The Kier molecular flexibility index (Phi) is 4.01. The molecule has 0 radical (unpaired) electrons. The van der Waals surface area contributed by atoms with E-state index in [0.717, 1.165) is 4.80 Å². The topological polar surface area (TPSA) is 100 Å². The lowest BCUT2D eigenvalue weighted by atomic mass is 10.3. The van der Waals surface area contributed by atoms with Gasteiger partial charge in [0.2, 0.25) is 5.82 Å². The van der Waals surface area contributed by atoms with Gasteiger partial charge < -0.3 is 9.15 Å². The first-order chi connectivity index (χ1) is 9.19. The first-order valence-electron chi connectivity index (χ1n) is 5.68. The van der Waals surface area contributed by atoms with E-state index in [4.69, 9.17) is 4.42 Å². The Morgan fingerprint density at radius 2 is 2.32 bits per heavy atom. The molecule has 2 rings (SSSR count). The molecule has 100 valence electrons. The van der Waals surface area contributed by atoms with Crippen LogP contribution in [0.15, 0.2) is 22.8 Å². The fraction of sp³-hybridized carbons (Fsp3) is 0.364. The second kappa shape index (κ2) is 5.89. The van der Waals surface area contributed by atoms with Crippen molar-refractivity contribution in [2.24, 2.45) is 0 Å². The first-order valence-corrected chi connectivity index (χ1v) is 5.68. The molecule has 0 bridgehead atoms. The Morgan fingerprint density at radius 1 is 1.47 bits per heavy atom. The zero-order chi connectivity index (χ0) is 13.7. The molecule has 0 spiro atoms. The molecular weight excluding hydrogens is 252 g/mol. The predicted octanol–water partition coefficient (Wildman–Crippen LogP) is 0.455. The third-order valence-corrected chi connectivity index (χ3v) is 2.16. The molecule has 0 fully saturated rings. The van der Waals surface area contributed by atoms with E-state index in [2.05, 4.69) is 20.1 Å². The number of tetrazole rings is 1. The number of nitrogens with zero attached hydrogens (tertiary/aromatic N) is 4. The van der Waals surface area contributed by atoms with Gasteiger partial charge in [-0.25, -0.2) is 0 Å². The number of carbonyl (C=O) groups excluding carboxylic acids is 2. The van der Waals surface area contributed by atoms with Crippen LogP contribution in [0.25, 0.3) is 11.6 Å². The molecule has 0 aliphatic heterocycles. The number of Topliss-reactive ketones (excluding diaryl/α,β-unsaturated/α-hetero) is 1. The van der Waals surface area contributed by atoms with Crippen LogP contribution in [0.4, 0.5) is 0 Å². The molecule has 0 atom stereocenters. The minimum absolute atomic E-state index is 0.132. The Labute approximate surface area is 108 Å². The van der Waals surface area contributed by atoms with Gasteiger partial charge in [-0.15, -0.1) is 10.2 Å². The summed E-state index contributed by atoms with van der Waals surface area (Å²) in [6.07, 6.45) is 1.19. The first kappa shape index (κ1) is 12.9. The van der Waals surface area contributed by atoms with E-state index < -0.39 is 5.97 Å². The summed E-state index contributed by atoms with van der Waals surface area (Å²) in [6, 6.07) is 3.38. The molecule has 0 unspecified atom stereocenters. The van der Waals surface area contributed by atoms with Crippen LogP contribution >= 0.6 is 0 Å². The molecule has 2 heterocycles. The van der Waals surface area contributed by atoms with E-state index in [0.29, 0.717) is 5.76 Å². The Bertz CT molecular complexity index is 561. The zero-order valence-corrected chi connectivity index (χ0v) is 10.3. The van der Waals surface area contributed by atoms with Crippen LogP contribution in [-0.2, 0) is 20.9 Å². The highest BCUT2D eigenvalue weighted by molar-refractivity contribution is 5.95. The van der Waals surface area contributed by atoms with Crippen molar-refractivity contribution in [1.29, 1.82) is 0 Å². The van der Waals surface area contributed by atoms with Crippen LogP contribution in [0.5, 0.6) is 0 Å². The molecule has 2 aromatic rings. The number of esters is 1. The van der Waals surface area contributed by atoms with Crippen LogP contribution in [-0.4, -0.2) is 38.6 Å². The second-order valence-corrected chi connectivity index (χ2v) is 3.64. The van der Waals surface area contributed by atoms with Gasteiger partial charge in [0.25, 0.3) is 0 Å². The van der Waals surface area contributed by atoms with Gasteiger partial charge in [0.1, 0.15) is 13.0 Å². The van der Waals surface area contributed by atoms with Gasteiger partial charge in [-0.3, -0.25) is 9.59 Å². The standard InChI is InChI=1S/C11H12N4O4/c1-2-18-10(17)6-8(16)7-15-13-11(12-14-15)9-4-3-5-19-9/h3-5H,2,6-7H2,1H3. The fourth-order valence-corrected chi connectivity index (χ4v) is 1.40. The molecule has 0 aliphatic rings. The average molecular weight is 264 g/mol. The molecule has 19 heavy (non-hydrogen) atoms. The molecule has 0 N–H and O–H groups in total. The highest BCUT2D eigenvalue weighted by atomic mass is 16.5. The molecule has 2 aromatic heterocycles. The van der Waals surface area contributed by atoms with Crippen LogP contribution in [0.2, 0.25) is 0 Å². The summed E-state index contributed by atoms with van der Waals surface area (Å²) in [6.45, 7) is 1.79. The molecule has 0 saturated heterocycles. The summed E-state index contributed by atoms with van der Waals surface area (Å²) in [5, 5.41) is 11.4. The van der Waals surface area contributed by atoms with Crippen molar-refractivity contribution >= 4 is 11.8 Å². The number of hydrogen-bond donors (Lipinski definition) is 0. The normalized spacial score (nSPS) is 10.4. The zero-order valence-electron chi connectivity index (χ0n) is 10.3. The summed E-state index contributed by atoms with van der Waals surface area (Å²) in [7, 11) is 0. The molecule has 0 saturated carbocycles. The van der Waals surface area contributed by atoms with Gasteiger partial charge in [-0.2, -0.15) is 4.80 Å². The lowest BCUT2D eigenvalue weighted by Crippen LogP contribution is -2.18. The number of carbonyl (C=O) groups is 2. The number of hydrogen-bond acceptors (Lipinski definition) is 7. The van der Waals surface area contributed by atoms with Crippen LogP contribution in [0.1, 0.15) is 13.3 Å². The SMILES string of the molecule is CCOC(=O)CC(=O)Cn1nnc(-c2ccco2)n1. The predicted molar refractivity (Wildman–Crippen MR) is 61.8 cm³/mol. The highest BCUT2D eigenvalue weighted by Gasteiger charge is 2.14. The molecule has 0 aromatic carbocycles. The van der Waals surface area contributed by atoms with E-state index in [1.54, 1.807) is 19.1 Å². The Balaban J connectivity index is 1.93. The van der Waals surface area contributed by atoms with E-state index in [1.807, 2.05) is 0 Å². The molecule has 8 nitrogen and oxygen atoms in total. The monoisotopic (exact) mass is 264 g/mol. The average Bonchev–Trinajstić information content (AvgIpc) is 2.98. The quantitative estimate of drug-likeness (QED) is 0.551. The van der Waals surface area contributed by atoms with Crippen molar-refractivity contribution in [3.63, 3.8) is 0 Å². The smallest absolute Gasteiger partial charge is 0.313 e. The maximum absolute atomic E-state index is 11.5. The van der Waals surface area contributed by atoms with Crippen molar-refractivity contribution in [2.75, 3.05) is 6.61 Å². The summed E-state index contributed by atoms with van der Waals surface area (Å²) in [5.74, 6) is -0.154. The maximum atomic E-state index is 11.5. The van der Waals surface area contributed by atoms with Crippen molar-refractivity contribution < 1.29 is 18.7 Å². The molecule has 8 heteroatoms. The largest absolute Gasteiger partial charge is 0.466 e. The highest BCUT2D eigenvalue weighted by Crippen LogP contribution is 2.12. The minimum Gasteiger partial charge on any atom is -0.466 e. The molecule has 0 aliphatic carbocycles. The number of rotatable bonds is 6. The third kappa shape index (κ3) is 3.47. The minimum atomic E-state index is -0.557. The van der Waals surface area contributed by atoms with Gasteiger partial charge in [-0.1, -0.05) is 0 Å². The van der Waals surface area contributed by atoms with Crippen LogP contribution in [0, 0.1) is 0 Å². The van der Waals surface area contributed by atoms with E-state index >= 15 is 0 Å². The molecule has 0 amide bonds. The van der Waals surface area contributed by atoms with Gasteiger partial charge in [-0.05, 0) is 24.3 Å². The van der Waals surface area contributed by atoms with Crippen molar-refractivity contribution in [1.82, 2.24) is 20.2 Å². The van der Waals surface area contributed by atoms with Gasteiger partial charge in [0.15, 0.2) is 11.5 Å². The maximum Gasteiger partial charge on any atom is 0.313 e. The van der Waals surface area contributed by atoms with E-state index in [-0.39, 0.29) is 31.2 Å². The lowest BCUT2D eigenvalue weighted by molar-refractivity contribution is -0.145. The van der Waals surface area contributed by atoms with E-state index in [9.17, 15) is 9.59 Å². The number of furan rings is 1. The fourth-order valence-electron chi connectivity index (χ4n) is 1.40. The van der Waals surface area contributed by atoms with Crippen LogP contribution < -0.4 is 0 Å². The summed E-state index contributed by atoms with van der Waals surface area (Å²) in [5.41, 5.74) is 0. The van der Waals surface area contributed by atoms with Crippen molar-refractivity contribution in [3.8, 4) is 11.6 Å². The van der Waals surface area contributed by atoms with Gasteiger partial charge in [0.05, 0.1) is 12.9 Å². The Morgan fingerprint density at radius 3 is 3.00 bits per heavy atom. The second-order valence-electron chi connectivity index (χ2n) is 3.64. The number of aromatic nitrogens is 4. The molecular formula is C11H12N4O4. The van der Waals surface area contributed by atoms with Crippen molar-refractivity contribution in [2.45, 2.75) is 19.9 Å². The lowest BCUT2D eigenvalue weighted by Gasteiger charge is -2.00. The summed E-state index contributed by atoms with van der Waals surface area (Å²) < 4.78 is 9.77. The van der Waals surface area contributed by atoms with Crippen LogP contribution in [0.3, 0.4) is 0 Å².